The lowest BCUT2D eigenvalue weighted by Gasteiger charge is -2.19. The van der Waals surface area contributed by atoms with E-state index < -0.39 is 0 Å². The van der Waals surface area contributed by atoms with Crippen molar-refractivity contribution in [2.45, 2.75) is 32.9 Å². The lowest BCUT2D eigenvalue weighted by molar-refractivity contribution is 0.664. The van der Waals surface area contributed by atoms with Gasteiger partial charge in [0, 0.05) is 11.1 Å². The van der Waals surface area contributed by atoms with Crippen molar-refractivity contribution in [2.75, 3.05) is 0 Å². The molecule has 4 heteroatoms. The van der Waals surface area contributed by atoms with E-state index in [1.54, 1.807) is 0 Å². The zero-order valence-electron chi connectivity index (χ0n) is 9.75. The maximum absolute atomic E-state index is 5.93. The van der Waals surface area contributed by atoms with Gasteiger partial charge < -0.3 is 10.6 Å². The van der Waals surface area contributed by atoms with Gasteiger partial charge in [-0.05, 0) is 50.7 Å². The minimum absolute atomic E-state index is 0.150. The number of benzene rings is 1. The predicted molar refractivity (Wildman–Crippen MR) is 73.9 cm³/mol. The monoisotopic (exact) mass is 256 g/mol. The summed E-state index contributed by atoms with van der Waals surface area (Å²) in [4.78, 5) is 0. The molecule has 0 fully saturated rings. The average Bonchev–Trinajstić information content (AvgIpc) is 2.16. The summed E-state index contributed by atoms with van der Waals surface area (Å²) in [5.41, 5.74) is 1.13. The predicted octanol–water partition coefficient (Wildman–Crippen LogP) is 3.27. The third kappa shape index (κ3) is 4.37. The van der Waals surface area contributed by atoms with E-state index in [-0.39, 0.29) is 6.04 Å². The molecule has 0 aromatic heterocycles. The van der Waals surface area contributed by atoms with Gasteiger partial charge in [-0.3, -0.25) is 0 Å². The van der Waals surface area contributed by atoms with Crippen molar-refractivity contribution >= 4 is 28.9 Å². The van der Waals surface area contributed by atoms with E-state index in [1.807, 2.05) is 24.3 Å². The highest BCUT2D eigenvalue weighted by Crippen LogP contribution is 2.17. The van der Waals surface area contributed by atoms with Crippen molar-refractivity contribution in [1.82, 2.24) is 10.6 Å². The number of hydrogen-bond acceptors (Lipinski definition) is 1. The number of hydrogen-bond donors (Lipinski definition) is 2. The van der Waals surface area contributed by atoms with Crippen LogP contribution in [0, 0.1) is 0 Å². The molecule has 1 aromatic carbocycles. The summed E-state index contributed by atoms with van der Waals surface area (Å²) in [5.74, 6) is 0. The van der Waals surface area contributed by atoms with Crippen molar-refractivity contribution < 1.29 is 0 Å². The minimum atomic E-state index is 0.150. The second kappa shape index (κ2) is 6.06. The van der Waals surface area contributed by atoms with Gasteiger partial charge in [0.2, 0.25) is 0 Å². The molecule has 1 unspecified atom stereocenters. The van der Waals surface area contributed by atoms with Crippen LogP contribution in [-0.4, -0.2) is 11.2 Å². The first-order chi connectivity index (χ1) is 7.49. The second-order valence-electron chi connectivity index (χ2n) is 4.05. The van der Waals surface area contributed by atoms with E-state index in [9.17, 15) is 0 Å². The number of rotatable bonds is 3. The maximum Gasteiger partial charge on any atom is 0.166 e. The Balaban J connectivity index is 2.58. The van der Waals surface area contributed by atoms with Gasteiger partial charge in [0.1, 0.15) is 0 Å². The molecule has 2 N–H and O–H groups in total. The average molecular weight is 257 g/mol. The first kappa shape index (κ1) is 13.3. The second-order valence-corrected chi connectivity index (χ2v) is 4.89. The van der Waals surface area contributed by atoms with Crippen LogP contribution in [0.25, 0.3) is 0 Å². The van der Waals surface area contributed by atoms with Crippen LogP contribution in [0.1, 0.15) is 32.4 Å². The van der Waals surface area contributed by atoms with Gasteiger partial charge in [0.15, 0.2) is 5.11 Å². The van der Waals surface area contributed by atoms with E-state index >= 15 is 0 Å². The molecule has 0 aliphatic heterocycles. The maximum atomic E-state index is 5.93. The van der Waals surface area contributed by atoms with Crippen molar-refractivity contribution in [1.29, 1.82) is 0 Å². The normalized spacial score (nSPS) is 12.3. The van der Waals surface area contributed by atoms with Gasteiger partial charge in [0.25, 0.3) is 0 Å². The SMILES string of the molecule is CC(C)NC(=S)NC(C)c1cccc(Cl)c1. The molecule has 0 amide bonds. The van der Waals surface area contributed by atoms with Crippen LogP contribution in [0.15, 0.2) is 24.3 Å². The summed E-state index contributed by atoms with van der Waals surface area (Å²) in [6.45, 7) is 6.16. The summed E-state index contributed by atoms with van der Waals surface area (Å²) in [6.07, 6.45) is 0. The zero-order chi connectivity index (χ0) is 12.1. The molecule has 0 saturated carbocycles. The fourth-order valence-corrected chi connectivity index (χ4v) is 1.97. The van der Waals surface area contributed by atoms with Crippen LogP contribution in [-0.2, 0) is 0 Å². The summed E-state index contributed by atoms with van der Waals surface area (Å²) >= 11 is 11.1. The summed E-state index contributed by atoms with van der Waals surface area (Å²) in [6, 6.07) is 8.26. The molecule has 16 heavy (non-hydrogen) atoms. The molecule has 0 bridgehead atoms. The smallest absolute Gasteiger partial charge is 0.166 e. The zero-order valence-corrected chi connectivity index (χ0v) is 11.3. The molecular weight excluding hydrogens is 240 g/mol. The van der Waals surface area contributed by atoms with Crippen molar-refractivity contribution in [3.63, 3.8) is 0 Å². The first-order valence-corrected chi connectivity index (χ1v) is 6.10. The third-order valence-corrected chi connectivity index (χ3v) is 2.59. The van der Waals surface area contributed by atoms with Crippen LogP contribution >= 0.6 is 23.8 Å². The van der Waals surface area contributed by atoms with E-state index in [0.29, 0.717) is 11.2 Å². The van der Waals surface area contributed by atoms with E-state index in [1.165, 1.54) is 0 Å². The highest BCUT2D eigenvalue weighted by molar-refractivity contribution is 7.80. The molecule has 88 valence electrons. The molecule has 0 saturated heterocycles. The first-order valence-electron chi connectivity index (χ1n) is 5.31. The lowest BCUT2D eigenvalue weighted by atomic mass is 10.1. The Labute approximate surface area is 107 Å². The Hall–Kier alpha value is -0.800. The molecule has 1 aromatic rings. The minimum Gasteiger partial charge on any atom is -0.361 e. The lowest BCUT2D eigenvalue weighted by Crippen LogP contribution is -2.40. The molecule has 1 rings (SSSR count). The Bertz CT molecular complexity index is 366. The van der Waals surface area contributed by atoms with Gasteiger partial charge in [-0.2, -0.15) is 0 Å². The van der Waals surface area contributed by atoms with E-state index in [0.717, 1.165) is 10.6 Å². The largest absolute Gasteiger partial charge is 0.361 e. The van der Waals surface area contributed by atoms with Gasteiger partial charge in [0.05, 0.1) is 6.04 Å². The van der Waals surface area contributed by atoms with Crippen molar-refractivity contribution in [3.8, 4) is 0 Å². The standard InChI is InChI=1S/C12H17ClN2S/c1-8(2)14-12(16)15-9(3)10-5-4-6-11(13)7-10/h4-9H,1-3H3,(H2,14,15,16). The van der Waals surface area contributed by atoms with E-state index in [2.05, 4.69) is 31.4 Å². The van der Waals surface area contributed by atoms with Gasteiger partial charge in [-0.15, -0.1) is 0 Å². The van der Waals surface area contributed by atoms with Crippen molar-refractivity contribution in [3.05, 3.63) is 34.9 Å². The van der Waals surface area contributed by atoms with Gasteiger partial charge in [-0.1, -0.05) is 23.7 Å². The molecule has 0 radical (unpaired) electrons. The molecular formula is C12H17ClN2S. The topological polar surface area (TPSA) is 24.1 Å². The quantitative estimate of drug-likeness (QED) is 0.812. The molecule has 0 heterocycles. The molecule has 2 nitrogen and oxygen atoms in total. The molecule has 0 aliphatic carbocycles. The fourth-order valence-electron chi connectivity index (χ4n) is 1.36. The van der Waals surface area contributed by atoms with Gasteiger partial charge >= 0.3 is 0 Å². The number of nitrogens with one attached hydrogen (secondary N) is 2. The number of thiocarbonyl (C=S) groups is 1. The van der Waals surface area contributed by atoms with Crippen molar-refractivity contribution in [2.24, 2.45) is 0 Å². The highest BCUT2D eigenvalue weighted by atomic mass is 35.5. The third-order valence-electron chi connectivity index (χ3n) is 2.12. The Morgan fingerprint density at radius 2 is 1.94 bits per heavy atom. The van der Waals surface area contributed by atoms with Crippen LogP contribution in [0.4, 0.5) is 0 Å². The Morgan fingerprint density at radius 1 is 1.25 bits per heavy atom. The van der Waals surface area contributed by atoms with Crippen LogP contribution < -0.4 is 10.6 Å². The van der Waals surface area contributed by atoms with Gasteiger partial charge in [-0.25, -0.2) is 0 Å². The summed E-state index contributed by atoms with van der Waals surface area (Å²) in [7, 11) is 0. The summed E-state index contributed by atoms with van der Waals surface area (Å²) in [5, 5.41) is 7.78. The summed E-state index contributed by atoms with van der Waals surface area (Å²) < 4.78 is 0. The molecule has 1 atom stereocenters. The van der Waals surface area contributed by atoms with Crippen LogP contribution in [0.5, 0.6) is 0 Å². The molecule has 0 aliphatic rings. The fraction of sp³-hybridized carbons (Fsp3) is 0.417. The Kier molecular flexibility index (Phi) is 5.03. The Morgan fingerprint density at radius 3 is 2.50 bits per heavy atom. The van der Waals surface area contributed by atoms with Crippen LogP contribution in [0.3, 0.4) is 0 Å². The number of halogens is 1. The van der Waals surface area contributed by atoms with E-state index in [4.69, 9.17) is 23.8 Å². The van der Waals surface area contributed by atoms with Crippen LogP contribution in [0.2, 0.25) is 5.02 Å². The molecule has 0 spiro atoms. The highest BCUT2D eigenvalue weighted by Gasteiger charge is 2.07.